The maximum absolute atomic E-state index is 12.0. The lowest BCUT2D eigenvalue weighted by molar-refractivity contribution is -0.131. The lowest BCUT2D eigenvalue weighted by atomic mass is 10.1. The van der Waals surface area contributed by atoms with Gasteiger partial charge in [0.05, 0.1) is 0 Å². The van der Waals surface area contributed by atoms with E-state index in [1.165, 1.54) is 0 Å². The van der Waals surface area contributed by atoms with Gasteiger partial charge in [-0.2, -0.15) is 4.98 Å². The van der Waals surface area contributed by atoms with Gasteiger partial charge in [0.25, 0.3) is 0 Å². The third-order valence-electron chi connectivity index (χ3n) is 4.08. The number of aromatic nitrogens is 3. The Balaban J connectivity index is 1.84. The molecule has 1 aromatic rings. The molecular weight excluding hydrogens is 308 g/mol. The van der Waals surface area contributed by atoms with Crippen LogP contribution in [0.4, 0.5) is 10.7 Å². The Morgan fingerprint density at radius 3 is 2.54 bits per heavy atom. The minimum Gasteiger partial charge on any atom is -0.337 e. The minimum absolute atomic E-state index is 0.130. The van der Waals surface area contributed by atoms with E-state index < -0.39 is 0 Å². The molecule has 8 nitrogen and oxygen atoms in total. The number of anilines is 1. The summed E-state index contributed by atoms with van der Waals surface area (Å²) in [6.07, 6.45) is 0.469. The van der Waals surface area contributed by atoms with E-state index in [1.807, 2.05) is 46.4 Å². The van der Waals surface area contributed by atoms with E-state index in [9.17, 15) is 9.59 Å². The van der Waals surface area contributed by atoms with Crippen molar-refractivity contribution in [2.75, 3.05) is 18.4 Å². The summed E-state index contributed by atoms with van der Waals surface area (Å²) < 4.78 is 1.76. The molecule has 0 spiro atoms. The lowest BCUT2D eigenvalue weighted by Gasteiger charge is -2.32. The highest BCUT2D eigenvalue weighted by molar-refractivity contribution is 5.87. The van der Waals surface area contributed by atoms with E-state index in [0.717, 1.165) is 5.82 Å². The van der Waals surface area contributed by atoms with Gasteiger partial charge in [0.15, 0.2) is 0 Å². The zero-order valence-electron chi connectivity index (χ0n) is 15.4. The average Bonchev–Trinajstić information content (AvgIpc) is 2.99. The highest BCUT2D eigenvalue weighted by atomic mass is 16.2. The number of carbonyl (C=O) groups excluding carboxylic acids is 2. The highest BCUT2D eigenvalue weighted by Crippen LogP contribution is 2.25. The van der Waals surface area contributed by atoms with E-state index in [4.69, 9.17) is 0 Å². The molecule has 1 aliphatic rings. The van der Waals surface area contributed by atoms with Gasteiger partial charge in [-0.05, 0) is 41.5 Å². The predicted molar refractivity (Wildman–Crippen MR) is 91.7 cm³/mol. The molecular formula is C16H28N6O2. The number of likely N-dealkylation sites (tertiary alicyclic amines) is 1. The average molecular weight is 336 g/mol. The highest BCUT2D eigenvalue weighted by Gasteiger charge is 2.36. The van der Waals surface area contributed by atoms with Crippen LogP contribution in [-0.2, 0) is 4.79 Å². The van der Waals surface area contributed by atoms with Crippen LogP contribution in [-0.4, -0.2) is 50.2 Å². The van der Waals surface area contributed by atoms with Crippen molar-refractivity contribution in [2.24, 2.45) is 5.92 Å². The van der Waals surface area contributed by atoms with E-state index in [0.29, 0.717) is 19.5 Å². The molecule has 2 rings (SSSR count). The first-order valence-electron chi connectivity index (χ1n) is 8.36. The van der Waals surface area contributed by atoms with Gasteiger partial charge in [0.2, 0.25) is 11.9 Å². The molecule has 2 N–H and O–H groups in total. The molecule has 1 aromatic heterocycles. The molecule has 0 radical (unpaired) electrons. The summed E-state index contributed by atoms with van der Waals surface area (Å²) in [4.78, 5) is 30.1. The molecule has 8 heteroatoms. The number of nitrogens with zero attached hydrogens (tertiary/aromatic N) is 4. The molecule has 0 bridgehead atoms. The number of rotatable bonds is 4. The van der Waals surface area contributed by atoms with Crippen molar-refractivity contribution >= 4 is 17.9 Å². The molecule has 0 saturated carbocycles. The van der Waals surface area contributed by atoms with Crippen LogP contribution in [0.3, 0.4) is 0 Å². The van der Waals surface area contributed by atoms with E-state index in [2.05, 4.69) is 20.7 Å². The Morgan fingerprint density at radius 2 is 2.04 bits per heavy atom. The van der Waals surface area contributed by atoms with Crippen molar-refractivity contribution in [1.82, 2.24) is 25.0 Å². The van der Waals surface area contributed by atoms with Gasteiger partial charge in [-0.3, -0.25) is 10.1 Å². The summed E-state index contributed by atoms with van der Waals surface area (Å²) >= 11 is 0. The second kappa shape index (κ2) is 6.78. The third kappa shape index (κ3) is 4.24. The van der Waals surface area contributed by atoms with Gasteiger partial charge in [0.1, 0.15) is 5.82 Å². The zero-order valence-corrected chi connectivity index (χ0v) is 15.4. The van der Waals surface area contributed by atoms with Crippen LogP contribution in [0.25, 0.3) is 0 Å². The second-order valence-corrected chi connectivity index (χ2v) is 7.60. The summed E-state index contributed by atoms with van der Waals surface area (Å²) in [6.45, 7) is 13.0. The van der Waals surface area contributed by atoms with Gasteiger partial charge in [-0.1, -0.05) is 0 Å². The van der Waals surface area contributed by atoms with Crippen LogP contribution in [0.2, 0.25) is 0 Å². The van der Waals surface area contributed by atoms with Crippen molar-refractivity contribution in [3.8, 4) is 0 Å². The van der Waals surface area contributed by atoms with Crippen LogP contribution in [0.15, 0.2) is 0 Å². The number of hydrogen-bond acceptors (Lipinski definition) is 4. The number of urea groups is 1. The second-order valence-electron chi connectivity index (χ2n) is 7.60. The van der Waals surface area contributed by atoms with Crippen molar-refractivity contribution in [3.05, 3.63) is 5.82 Å². The van der Waals surface area contributed by atoms with Crippen LogP contribution in [0.5, 0.6) is 0 Å². The van der Waals surface area contributed by atoms with E-state index in [-0.39, 0.29) is 35.4 Å². The lowest BCUT2D eigenvalue weighted by Crippen LogP contribution is -2.43. The molecule has 2 heterocycles. The van der Waals surface area contributed by atoms with E-state index >= 15 is 0 Å². The largest absolute Gasteiger partial charge is 0.337 e. The smallest absolute Gasteiger partial charge is 0.321 e. The van der Waals surface area contributed by atoms with Crippen LogP contribution in [0, 0.1) is 12.8 Å². The number of amides is 3. The standard InChI is InChI=1S/C16H28N6O2/c1-10(2)22-11(3)18-14(20-22)19-15(24)17-8-12-7-13(23)21(9-12)16(4,5)6/h10,12H,7-9H2,1-6H3,(H2,17,19,20,24). The first kappa shape index (κ1) is 18.2. The van der Waals surface area contributed by atoms with Crippen molar-refractivity contribution in [3.63, 3.8) is 0 Å². The Hall–Kier alpha value is -2.12. The fraction of sp³-hybridized carbons (Fsp3) is 0.750. The van der Waals surface area contributed by atoms with Crippen LogP contribution < -0.4 is 10.6 Å². The number of nitrogens with one attached hydrogen (secondary N) is 2. The quantitative estimate of drug-likeness (QED) is 0.879. The Kier molecular flexibility index (Phi) is 5.15. The predicted octanol–water partition coefficient (Wildman–Crippen LogP) is 1.94. The molecule has 24 heavy (non-hydrogen) atoms. The maximum Gasteiger partial charge on any atom is 0.321 e. The fourth-order valence-electron chi connectivity index (χ4n) is 2.89. The number of carbonyl (C=O) groups is 2. The normalized spacial score (nSPS) is 18.4. The molecule has 134 valence electrons. The summed E-state index contributed by atoms with van der Waals surface area (Å²) in [5.41, 5.74) is -0.181. The van der Waals surface area contributed by atoms with Gasteiger partial charge in [-0.15, -0.1) is 5.10 Å². The van der Waals surface area contributed by atoms with E-state index in [1.54, 1.807) is 4.68 Å². The molecule has 0 aromatic carbocycles. The molecule has 0 aliphatic carbocycles. The van der Waals surface area contributed by atoms with Crippen molar-refractivity contribution in [1.29, 1.82) is 0 Å². The Morgan fingerprint density at radius 1 is 1.38 bits per heavy atom. The minimum atomic E-state index is -0.349. The number of hydrogen-bond donors (Lipinski definition) is 2. The molecule has 1 atom stereocenters. The fourth-order valence-corrected chi connectivity index (χ4v) is 2.89. The van der Waals surface area contributed by atoms with Gasteiger partial charge in [-0.25, -0.2) is 9.48 Å². The first-order valence-corrected chi connectivity index (χ1v) is 8.36. The van der Waals surface area contributed by atoms with Crippen molar-refractivity contribution in [2.45, 2.75) is 59.5 Å². The third-order valence-corrected chi connectivity index (χ3v) is 4.08. The molecule has 3 amide bonds. The van der Waals surface area contributed by atoms with Gasteiger partial charge in [0, 0.05) is 37.0 Å². The van der Waals surface area contributed by atoms with Crippen LogP contribution >= 0.6 is 0 Å². The number of aryl methyl sites for hydroxylation is 1. The Bertz CT molecular complexity index is 617. The Labute approximate surface area is 143 Å². The van der Waals surface area contributed by atoms with Gasteiger partial charge < -0.3 is 10.2 Å². The SMILES string of the molecule is Cc1nc(NC(=O)NCC2CC(=O)N(C(C)(C)C)C2)nn1C(C)C. The maximum atomic E-state index is 12.0. The summed E-state index contributed by atoms with van der Waals surface area (Å²) in [7, 11) is 0. The zero-order chi connectivity index (χ0) is 18.1. The summed E-state index contributed by atoms with van der Waals surface area (Å²) in [6, 6.07) is -0.165. The monoisotopic (exact) mass is 336 g/mol. The first-order chi connectivity index (χ1) is 11.1. The summed E-state index contributed by atoms with van der Waals surface area (Å²) in [5.74, 6) is 1.31. The molecule has 1 aliphatic heterocycles. The molecule has 1 saturated heterocycles. The van der Waals surface area contributed by atoms with Gasteiger partial charge >= 0.3 is 6.03 Å². The molecule has 1 unspecified atom stereocenters. The van der Waals surface area contributed by atoms with Crippen LogP contribution in [0.1, 0.15) is 52.9 Å². The summed E-state index contributed by atoms with van der Waals surface area (Å²) in [5, 5.41) is 9.71. The van der Waals surface area contributed by atoms with Crippen molar-refractivity contribution < 1.29 is 9.59 Å². The molecule has 1 fully saturated rings. The topological polar surface area (TPSA) is 92.2 Å².